The van der Waals surface area contributed by atoms with Crippen LogP contribution in [0.5, 0.6) is 0 Å². The Bertz CT molecular complexity index is 270. The van der Waals surface area contributed by atoms with Crippen molar-refractivity contribution in [3.05, 3.63) is 0 Å². The van der Waals surface area contributed by atoms with Crippen LogP contribution in [0, 0.1) is 0 Å². The van der Waals surface area contributed by atoms with Gasteiger partial charge >= 0.3 is 0 Å². The van der Waals surface area contributed by atoms with Gasteiger partial charge in [0.1, 0.15) is 0 Å². The molecule has 2 rings (SSSR count). The van der Waals surface area contributed by atoms with Crippen molar-refractivity contribution in [1.82, 2.24) is 10.6 Å². The lowest BCUT2D eigenvalue weighted by molar-refractivity contribution is -0.121. The number of nitrogens with one attached hydrogen (secondary N) is 2. The highest BCUT2D eigenvalue weighted by Crippen LogP contribution is 2.17. The maximum Gasteiger partial charge on any atom is 0.234 e. The van der Waals surface area contributed by atoms with Crippen molar-refractivity contribution in [3.8, 4) is 0 Å². The first kappa shape index (κ1) is 15.8. The van der Waals surface area contributed by atoms with E-state index in [9.17, 15) is 4.79 Å². The van der Waals surface area contributed by atoms with E-state index >= 15 is 0 Å². The van der Waals surface area contributed by atoms with E-state index in [2.05, 4.69) is 10.6 Å². The average Bonchev–Trinajstić information content (AvgIpc) is 2.73. The molecule has 1 atom stereocenters. The van der Waals surface area contributed by atoms with Gasteiger partial charge in [0.15, 0.2) is 0 Å². The number of ether oxygens (including phenoxy) is 1. The van der Waals surface area contributed by atoms with Gasteiger partial charge in [-0.1, -0.05) is 25.7 Å². The van der Waals surface area contributed by atoms with Crippen LogP contribution in [0.1, 0.15) is 64.2 Å². The van der Waals surface area contributed by atoms with Crippen LogP contribution in [0.2, 0.25) is 0 Å². The van der Waals surface area contributed by atoms with Crippen molar-refractivity contribution in [1.29, 1.82) is 0 Å². The third-order valence-corrected chi connectivity index (χ3v) is 4.42. The van der Waals surface area contributed by atoms with Crippen molar-refractivity contribution in [2.45, 2.75) is 76.4 Å². The fourth-order valence-corrected chi connectivity index (χ4v) is 3.20. The van der Waals surface area contributed by atoms with E-state index in [1.165, 1.54) is 44.9 Å². The van der Waals surface area contributed by atoms with Crippen LogP contribution in [-0.4, -0.2) is 37.7 Å². The van der Waals surface area contributed by atoms with Crippen LogP contribution in [0.3, 0.4) is 0 Å². The van der Waals surface area contributed by atoms with E-state index in [-0.39, 0.29) is 5.91 Å². The number of amides is 1. The molecule has 1 amide bonds. The summed E-state index contributed by atoms with van der Waals surface area (Å²) in [6.45, 7) is 2.23. The van der Waals surface area contributed by atoms with Crippen LogP contribution in [0.25, 0.3) is 0 Å². The fourth-order valence-electron chi connectivity index (χ4n) is 3.20. The van der Waals surface area contributed by atoms with Gasteiger partial charge in [-0.15, -0.1) is 0 Å². The van der Waals surface area contributed by atoms with E-state index in [0.29, 0.717) is 18.7 Å². The minimum atomic E-state index is 0.154. The molecule has 4 heteroatoms. The molecule has 2 N–H and O–H groups in total. The van der Waals surface area contributed by atoms with Crippen LogP contribution in [0.15, 0.2) is 0 Å². The predicted molar refractivity (Wildman–Crippen MR) is 80.7 cm³/mol. The largest absolute Gasteiger partial charge is 0.378 e. The van der Waals surface area contributed by atoms with Gasteiger partial charge in [0, 0.05) is 12.6 Å². The Kier molecular flexibility index (Phi) is 7.37. The molecular weight excluding hydrogens is 252 g/mol. The lowest BCUT2D eigenvalue weighted by Crippen LogP contribution is -2.40. The van der Waals surface area contributed by atoms with E-state index in [1.807, 2.05) is 0 Å². The molecule has 116 valence electrons. The molecule has 0 bridgehead atoms. The third kappa shape index (κ3) is 6.23. The molecule has 1 unspecified atom stereocenters. The first-order valence-electron chi connectivity index (χ1n) is 8.46. The number of carbonyl (C=O) groups excluding carboxylic acids is 1. The third-order valence-electron chi connectivity index (χ3n) is 4.42. The van der Waals surface area contributed by atoms with Crippen molar-refractivity contribution >= 4 is 5.91 Å². The number of carbonyl (C=O) groups is 1. The summed E-state index contributed by atoms with van der Waals surface area (Å²) in [5.41, 5.74) is 0. The van der Waals surface area contributed by atoms with E-state index in [1.54, 1.807) is 0 Å². The lowest BCUT2D eigenvalue weighted by atomic mass is 10.1. The summed E-state index contributed by atoms with van der Waals surface area (Å²) in [5.74, 6) is 0.154. The van der Waals surface area contributed by atoms with Gasteiger partial charge in [0.05, 0.1) is 12.6 Å². The molecule has 2 fully saturated rings. The molecule has 0 aromatic rings. The highest BCUT2D eigenvalue weighted by atomic mass is 16.5. The Morgan fingerprint density at radius 3 is 2.45 bits per heavy atom. The minimum Gasteiger partial charge on any atom is -0.378 e. The highest BCUT2D eigenvalue weighted by Gasteiger charge is 2.15. The second-order valence-corrected chi connectivity index (χ2v) is 6.21. The van der Waals surface area contributed by atoms with Crippen molar-refractivity contribution < 1.29 is 9.53 Å². The molecule has 1 saturated carbocycles. The van der Waals surface area contributed by atoms with Gasteiger partial charge in [0.25, 0.3) is 0 Å². The number of hydrogen-bond donors (Lipinski definition) is 2. The summed E-state index contributed by atoms with van der Waals surface area (Å²) < 4.78 is 5.68. The molecule has 0 aromatic carbocycles. The zero-order chi connectivity index (χ0) is 14.0. The minimum absolute atomic E-state index is 0.154. The van der Waals surface area contributed by atoms with Crippen LogP contribution in [0.4, 0.5) is 0 Å². The summed E-state index contributed by atoms with van der Waals surface area (Å²) >= 11 is 0. The molecule has 0 spiro atoms. The van der Waals surface area contributed by atoms with Crippen LogP contribution in [-0.2, 0) is 9.53 Å². The quantitative estimate of drug-likeness (QED) is 0.581. The van der Waals surface area contributed by atoms with E-state index in [4.69, 9.17) is 4.74 Å². The van der Waals surface area contributed by atoms with Crippen molar-refractivity contribution in [2.24, 2.45) is 0 Å². The first-order chi connectivity index (χ1) is 9.84. The van der Waals surface area contributed by atoms with Gasteiger partial charge in [0.2, 0.25) is 5.91 Å². The number of rotatable bonds is 6. The highest BCUT2D eigenvalue weighted by molar-refractivity contribution is 5.78. The van der Waals surface area contributed by atoms with Gasteiger partial charge < -0.3 is 15.4 Å². The molecular formula is C16H30N2O2. The molecule has 1 aliphatic carbocycles. The SMILES string of the molecule is O=C(CNCCC1CCCCO1)NC1CCCCCC1. The Balaban J connectivity index is 1.50. The molecule has 1 heterocycles. The van der Waals surface area contributed by atoms with Crippen LogP contribution >= 0.6 is 0 Å². The summed E-state index contributed by atoms with van der Waals surface area (Å²) in [7, 11) is 0. The number of hydrogen-bond acceptors (Lipinski definition) is 3. The molecule has 2 aliphatic rings. The predicted octanol–water partition coefficient (Wildman–Crippen LogP) is 2.37. The molecule has 1 saturated heterocycles. The van der Waals surface area contributed by atoms with Gasteiger partial charge in [-0.2, -0.15) is 0 Å². The second-order valence-electron chi connectivity index (χ2n) is 6.21. The van der Waals surface area contributed by atoms with E-state index < -0.39 is 0 Å². The molecule has 1 aliphatic heterocycles. The van der Waals surface area contributed by atoms with Gasteiger partial charge in [-0.05, 0) is 45.1 Å². The van der Waals surface area contributed by atoms with Gasteiger partial charge in [-0.25, -0.2) is 0 Å². The van der Waals surface area contributed by atoms with Crippen LogP contribution < -0.4 is 10.6 Å². The van der Waals surface area contributed by atoms with Crippen molar-refractivity contribution in [2.75, 3.05) is 19.7 Å². The smallest absolute Gasteiger partial charge is 0.234 e. The molecule has 4 nitrogen and oxygen atoms in total. The standard InChI is InChI=1S/C16H30N2O2/c19-16(18-14-7-3-1-2-4-8-14)13-17-11-10-15-9-5-6-12-20-15/h14-15,17H,1-13H2,(H,18,19). The summed E-state index contributed by atoms with van der Waals surface area (Å²) in [6, 6.07) is 0.411. The Morgan fingerprint density at radius 1 is 1.00 bits per heavy atom. The molecule has 20 heavy (non-hydrogen) atoms. The maximum atomic E-state index is 11.9. The second kappa shape index (κ2) is 9.35. The Morgan fingerprint density at radius 2 is 1.75 bits per heavy atom. The molecule has 0 aromatic heterocycles. The zero-order valence-corrected chi connectivity index (χ0v) is 12.7. The molecule has 0 radical (unpaired) electrons. The van der Waals surface area contributed by atoms with E-state index in [0.717, 1.165) is 32.4 Å². The Labute approximate surface area is 123 Å². The zero-order valence-electron chi connectivity index (χ0n) is 12.7. The summed E-state index contributed by atoms with van der Waals surface area (Å²) in [4.78, 5) is 11.9. The topological polar surface area (TPSA) is 50.4 Å². The van der Waals surface area contributed by atoms with Crippen molar-refractivity contribution in [3.63, 3.8) is 0 Å². The summed E-state index contributed by atoms with van der Waals surface area (Å²) in [5, 5.41) is 6.41. The first-order valence-corrected chi connectivity index (χ1v) is 8.46. The normalized spacial score (nSPS) is 25.1. The maximum absolute atomic E-state index is 11.9. The average molecular weight is 282 g/mol. The summed E-state index contributed by atoms with van der Waals surface area (Å²) in [6.07, 6.45) is 12.6. The monoisotopic (exact) mass is 282 g/mol. The lowest BCUT2D eigenvalue weighted by Gasteiger charge is -2.22. The fraction of sp³-hybridized carbons (Fsp3) is 0.938. The van der Waals surface area contributed by atoms with Gasteiger partial charge in [-0.3, -0.25) is 4.79 Å². The Hall–Kier alpha value is -0.610.